The Balaban J connectivity index is 1.78. The highest BCUT2D eigenvalue weighted by Gasteiger charge is 2.27. The zero-order chi connectivity index (χ0) is 17.5. The van der Waals surface area contributed by atoms with Crippen molar-refractivity contribution in [3.8, 4) is 5.75 Å². The molecule has 1 aromatic rings. The summed E-state index contributed by atoms with van der Waals surface area (Å²) in [5.74, 6) is 0.275. The maximum atomic E-state index is 12.8. The molecule has 2 amide bonds. The molecule has 0 spiro atoms. The maximum absolute atomic E-state index is 12.8. The average molecular weight is 336 g/mol. The van der Waals surface area contributed by atoms with Crippen LogP contribution in [-0.4, -0.2) is 54.4 Å². The summed E-state index contributed by atoms with van der Waals surface area (Å²) in [7, 11) is 0. The molecule has 0 aliphatic carbocycles. The second-order valence-corrected chi connectivity index (χ2v) is 5.96. The first-order chi connectivity index (χ1) is 11.5. The molecule has 1 fully saturated rings. The molecule has 1 aliphatic heterocycles. The van der Waals surface area contributed by atoms with E-state index in [1.54, 1.807) is 4.90 Å². The van der Waals surface area contributed by atoms with E-state index in [1.807, 2.05) is 18.7 Å². The van der Waals surface area contributed by atoms with Crippen LogP contribution in [0.2, 0.25) is 0 Å². The molecule has 6 heteroatoms. The van der Waals surface area contributed by atoms with Crippen LogP contribution in [0.5, 0.6) is 5.75 Å². The second kappa shape index (κ2) is 8.66. The topological polar surface area (TPSA) is 49.9 Å². The fourth-order valence-corrected chi connectivity index (χ4v) is 2.84. The molecule has 0 atom stereocenters. The number of amides is 2. The smallest absolute Gasteiger partial charge is 0.260 e. The van der Waals surface area contributed by atoms with Crippen LogP contribution in [0.4, 0.5) is 4.39 Å². The lowest BCUT2D eigenvalue weighted by molar-refractivity contribution is -0.143. The van der Waals surface area contributed by atoms with Crippen LogP contribution in [-0.2, 0) is 9.59 Å². The molecule has 2 rings (SSSR count). The third kappa shape index (κ3) is 4.69. The molecule has 0 N–H and O–H groups in total. The lowest BCUT2D eigenvalue weighted by Gasteiger charge is -2.36. The van der Waals surface area contributed by atoms with Gasteiger partial charge in [-0.05, 0) is 37.1 Å². The quantitative estimate of drug-likeness (QED) is 0.801. The van der Waals surface area contributed by atoms with E-state index >= 15 is 0 Å². The Bertz CT molecular complexity index is 550. The van der Waals surface area contributed by atoms with Gasteiger partial charge in [-0.3, -0.25) is 9.59 Å². The van der Waals surface area contributed by atoms with Crippen LogP contribution >= 0.6 is 0 Å². The molecule has 1 heterocycles. The average Bonchev–Trinajstić information content (AvgIpc) is 2.62. The SMILES string of the molecule is CCC(CC)C(=O)N1CCN(C(=O)COc2ccc(F)cc2)CC1. The summed E-state index contributed by atoms with van der Waals surface area (Å²) in [6, 6.07) is 5.58. The number of carbonyl (C=O) groups is 2. The number of hydrogen-bond donors (Lipinski definition) is 0. The van der Waals surface area contributed by atoms with Gasteiger partial charge in [0.15, 0.2) is 6.61 Å². The first-order valence-corrected chi connectivity index (χ1v) is 8.50. The van der Waals surface area contributed by atoms with Crippen molar-refractivity contribution >= 4 is 11.8 Å². The minimum atomic E-state index is -0.341. The van der Waals surface area contributed by atoms with Crippen molar-refractivity contribution in [3.05, 3.63) is 30.1 Å². The summed E-state index contributed by atoms with van der Waals surface area (Å²) >= 11 is 0. The van der Waals surface area contributed by atoms with E-state index in [2.05, 4.69) is 0 Å². The van der Waals surface area contributed by atoms with E-state index in [1.165, 1.54) is 24.3 Å². The predicted molar refractivity (Wildman–Crippen MR) is 89.1 cm³/mol. The zero-order valence-corrected chi connectivity index (χ0v) is 14.3. The first kappa shape index (κ1) is 18.2. The fourth-order valence-electron chi connectivity index (χ4n) is 2.84. The largest absolute Gasteiger partial charge is 0.484 e. The Morgan fingerprint density at radius 1 is 1.04 bits per heavy atom. The van der Waals surface area contributed by atoms with Crippen molar-refractivity contribution in [1.82, 2.24) is 9.80 Å². The maximum Gasteiger partial charge on any atom is 0.260 e. The van der Waals surface area contributed by atoms with Gasteiger partial charge in [0.2, 0.25) is 5.91 Å². The van der Waals surface area contributed by atoms with Gasteiger partial charge in [-0.15, -0.1) is 0 Å². The van der Waals surface area contributed by atoms with E-state index in [-0.39, 0.29) is 30.2 Å². The van der Waals surface area contributed by atoms with Crippen LogP contribution in [0.25, 0.3) is 0 Å². The highest BCUT2D eigenvalue weighted by Crippen LogP contribution is 2.15. The molecule has 1 aliphatic rings. The van der Waals surface area contributed by atoms with Gasteiger partial charge in [0.05, 0.1) is 0 Å². The van der Waals surface area contributed by atoms with E-state index in [9.17, 15) is 14.0 Å². The summed E-state index contributed by atoms with van der Waals surface area (Å²) in [6.45, 7) is 6.16. The number of piperazine rings is 1. The van der Waals surface area contributed by atoms with Crippen LogP contribution < -0.4 is 4.74 Å². The van der Waals surface area contributed by atoms with E-state index in [4.69, 9.17) is 4.74 Å². The molecule has 0 radical (unpaired) electrons. The van der Waals surface area contributed by atoms with Gasteiger partial charge in [-0.25, -0.2) is 4.39 Å². The molecule has 132 valence electrons. The molecule has 0 unspecified atom stereocenters. The summed E-state index contributed by atoms with van der Waals surface area (Å²) in [5, 5.41) is 0. The molecule has 5 nitrogen and oxygen atoms in total. The highest BCUT2D eigenvalue weighted by molar-refractivity contribution is 5.80. The number of nitrogens with zero attached hydrogens (tertiary/aromatic N) is 2. The third-order valence-electron chi connectivity index (χ3n) is 4.45. The van der Waals surface area contributed by atoms with Crippen molar-refractivity contribution in [2.24, 2.45) is 5.92 Å². The Morgan fingerprint density at radius 3 is 2.12 bits per heavy atom. The number of ether oxygens (including phenoxy) is 1. The molecule has 1 saturated heterocycles. The molecule has 24 heavy (non-hydrogen) atoms. The second-order valence-electron chi connectivity index (χ2n) is 5.96. The molecular formula is C18H25FN2O3. The predicted octanol–water partition coefficient (Wildman–Crippen LogP) is 2.31. The summed E-state index contributed by atoms with van der Waals surface area (Å²) in [6.07, 6.45) is 1.69. The van der Waals surface area contributed by atoms with E-state index in [0.717, 1.165) is 12.8 Å². The molecule has 0 bridgehead atoms. The highest BCUT2D eigenvalue weighted by atomic mass is 19.1. The van der Waals surface area contributed by atoms with Crippen molar-refractivity contribution in [3.63, 3.8) is 0 Å². The summed E-state index contributed by atoms with van der Waals surface area (Å²) < 4.78 is 18.2. The van der Waals surface area contributed by atoms with Gasteiger partial charge in [0, 0.05) is 32.1 Å². The third-order valence-corrected chi connectivity index (χ3v) is 4.45. The van der Waals surface area contributed by atoms with Crippen LogP contribution in [0.1, 0.15) is 26.7 Å². The number of halogens is 1. The fraction of sp³-hybridized carbons (Fsp3) is 0.556. The Labute approximate surface area is 142 Å². The summed E-state index contributed by atoms with van der Waals surface area (Å²) in [4.78, 5) is 28.1. The number of benzene rings is 1. The zero-order valence-electron chi connectivity index (χ0n) is 14.3. The lowest BCUT2D eigenvalue weighted by Crippen LogP contribution is -2.52. The number of carbonyl (C=O) groups excluding carboxylic acids is 2. The normalized spacial score (nSPS) is 14.8. The van der Waals surface area contributed by atoms with Crippen molar-refractivity contribution in [1.29, 1.82) is 0 Å². The van der Waals surface area contributed by atoms with Gasteiger partial charge < -0.3 is 14.5 Å². The van der Waals surface area contributed by atoms with E-state index in [0.29, 0.717) is 31.9 Å². The Kier molecular flexibility index (Phi) is 6.58. The molecular weight excluding hydrogens is 311 g/mol. The standard InChI is InChI=1S/C18H25FN2O3/c1-3-14(4-2)18(23)21-11-9-20(10-12-21)17(22)13-24-16-7-5-15(19)6-8-16/h5-8,14H,3-4,9-13H2,1-2H3. The van der Waals surface area contributed by atoms with Crippen LogP contribution in [0, 0.1) is 11.7 Å². The lowest BCUT2D eigenvalue weighted by atomic mass is 10.0. The van der Waals surface area contributed by atoms with Gasteiger partial charge >= 0.3 is 0 Å². The molecule has 0 saturated carbocycles. The van der Waals surface area contributed by atoms with Crippen LogP contribution in [0.15, 0.2) is 24.3 Å². The van der Waals surface area contributed by atoms with Gasteiger partial charge in [-0.2, -0.15) is 0 Å². The molecule has 0 aromatic heterocycles. The van der Waals surface area contributed by atoms with Crippen molar-refractivity contribution < 1.29 is 18.7 Å². The number of rotatable bonds is 6. The minimum absolute atomic E-state index is 0.0773. The van der Waals surface area contributed by atoms with E-state index < -0.39 is 0 Å². The van der Waals surface area contributed by atoms with Crippen molar-refractivity contribution in [2.45, 2.75) is 26.7 Å². The molecule has 1 aromatic carbocycles. The Hall–Kier alpha value is -2.11. The first-order valence-electron chi connectivity index (χ1n) is 8.50. The van der Waals surface area contributed by atoms with Gasteiger partial charge in [0.25, 0.3) is 5.91 Å². The Morgan fingerprint density at radius 2 is 1.58 bits per heavy atom. The van der Waals surface area contributed by atoms with Gasteiger partial charge in [-0.1, -0.05) is 13.8 Å². The minimum Gasteiger partial charge on any atom is -0.484 e. The number of hydrogen-bond acceptors (Lipinski definition) is 3. The van der Waals surface area contributed by atoms with Gasteiger partial charge in [0.1, 0.15) is 11.6 Å². The van der Waals surface area contributed by atoms with Crippen molar-refractivity contribution in [2.75, 3.05) is 32.8 Å². The summed E-state index contributed by atoms with van der Waals surface area (Å²) in [5.41, 5.74) is 0. The van der Waals surface area contributed by atoms with Crippen LogP contribution in [0.3, 0.4) is 0 Å². The monoisotopic (exact) mass is 336 g/mol.